The lowest BCUT2D eigenvalue weighted by molar-refractivity contribution is 0.00694. The van der Waals surface area contributed by atoms with E-state index in [1.54, 1.807) is 65.6 Å². The van der Waals surface area contributed by atoms with E-state index in [4.69, 9.17) is 4.74 Å². The van der Waals surface area contributed by atoms with Crippen LogP contribution >= 0.6 is 0 Å². The molecule has 2 aromatic carbocycles. The van der Waals surface area contributed by atoms with Gasteiger partial charge in [0.25, 0.3) is 11.5 Å². The molecular weight excluding hydrogens is 442 g/mol. The predicted octanol–water partition coefficient (Wildman–Crippen LogP) is 4.33. The van der Waals surface area contributed by atoms with Gasteiger partial charge in [-0.05, 0) is 73.7 Å². The maximum absolute atomic E-state index is 13.2. The van der Waals surface area contributed by atoms with E-state index in [9.17, 15) is 14.4 Å². The number of nitrogens with one attached hydrogen (secondary N) is 1. The predicted molar refractivity (Wildman–Crippen MR) is 134 cm³/mol. The van der Waals surface area contributed by atoms with E-state index in [1.165, 1.54) is 0 Å². The number of hydrogen-bond acceptors (Lipinski definition) is 5. The van der Waals surface area contributed by atoms with Crippen LogP contribution in [0.15, 0.2) is 84.0 Å². The average molecular weight is 470 g/mol. The number of hydrogen-bond donors (Lipinski definition) is 1. The summed E-state index contributed by atoms with van der Waals surface area (Å²) in [6.07, 6.45) is 5.10. The van der Waals surface area contributed by atoms with Crippen LogP contribution in [0.25, 0.3) is 10.8 Å². The number of pyridine rings is 2. The SMILES string of the molecule is CC(C)(C)OC(=O)c1ccc(Cn2ccc3ccc(C(=O)NCc4cccnc4)cc3c2=O)cc1. The summed E-state index contributed by atoms with van der Waals surface area (Å²) in [5.74, 6) is -0.649. The number of carbonyl (C=O) groups excluding carboxylic acids is 2. The van der Waals surface area contributed by atoms with Crippen LogP contribution in [-0.4, -0.2) is 27.0 Å². The molecule has 0 aliphatic heterocycles. The third-order valence-corrected chi connectivity index (χ3v) is 5.36. The fourth-order valence-corrected chi connectivity index (χ4v) is 3.61. The molecule has 1 N–H and O–H groups in total. The van der Waals surface area contributed by atoms with Crippen LogP contribution in [0.3, 0.4) is 0 Å². The summed E-state index contributed by atoms with van der Waals surface area (Å²) in [6.45, 7) is 6.15. The Hall–Kier alpha value is -4.26. The minimum atomic E-state index is -0.567. The number of aromatic nitrogens is 2. The topological polar surface area (TPSA) is 90.3 Å². The molecule has 0 fully saturated rings. The van der Waals surface area contributed by atoms with Crippen LogP contribution in [0.4, 0.5) is 0 Å². The van der Waals surface area contributed by atoms with Crippen LogP contribution in [0.5, 0.6) is 0 Å². The third kappa shape index (κ3) is 6.00. The number of rotatable bonds is 6. The largest absolute Gasteiger partial charge is 0.456 e. The van der Waals surface area contributed by atoms with Gasteiger partial charge in [-0.1, -0.05) is 24.3 Å². The summed E-state index contributed by atoms with van der Waals surface area (Å²) in [6, 6.07) is 17.6. The van der Waals surface area contributed by atoms with Crippen molar-refractivity contribution >= 4 is 22.6 Å². The fourth-order valence-electron chi connectivity index (χ4n) is 3.61. The second kappa shape index (κ2) is 9.93. The smallest absolute Gasteiger partial charge is 0.338 e. The van der Waals surface area contributed by atoms with E-state index in [1.807, 2.05) is 39.0 Å². The lowest BCUT2D eigenvalue weighted by Gasteiger charge is -2.19. The number of ether oxygens (including phenoxy) is 1. The van der Waals surface area contributed by atoms with Crippen molar-refractivity contribution in [3.63, 3.8) is 0 Å². The molecular formula is C28H27N3O4. The Morgan fingerprint density at radius 2 is 1.71 bits per heavy atom. The molecule has 0 radical (unpaired) electrons. The lowest BCUT2D eigenvalue weighted by atomic mass is 10.1. The molecule has 0 aliphatic rings. The summed E-state index contributed by atoms with van der Waals surface area (Å²) >= 11 is 0. The minimum absolute atomic E-state index is 0.194. The molecule has 0 atom stereocenters. The summed E-state index contributed by atoms with van der Waals surface area (Å²) in [5.41, 5.74) is 1.86. The van der Waals surface area contributed by atoms with Crippen molar-refractivity contribution in [1.29, 1.82) is 0 Å². The molecule has 7 heteroatoms. The minimum Gasteiger partial charge on any atom is -0.456 e. The van der Waals surface area contributed by atoms with E-state index in [2.05, 4.69) is 10.3 Å². The first-order chi connectivity index (χ1) is 16.7. The molecule has 2 heterocycles. The molecule has 2 aromatic heterocycles. The number of amides is 1. The molecule has 0 saturated heterocycles. The van der Waals surface area contributed by atoms with E-state index in [0.717, 1.165) is 16.5 Å². The van der Waals surface area contributed by atoms with E-state index in [0.29, 0.717) is 29.6 Å². The monoisotopic (exact) mass is 469 g/mol. The number of benzene rings is 2. The Morgan fingerprint density at radius 1 is 0.971 bits per heavy atom. The van der Waals surface area contributed by atoms with Gasteiger partial charge in [-0.3, -0.25) is 14.6 Å². The first kappa shape index (κ1) is 23.9. The van der Waals surface area contributed by atoms with E-state index >= 15 is 0 Å². The van der Waals surface area contributed by atoms with Crippen LogP contribution in [0.2, 0.25) is 0 Å². The maximum atomic E-state index is 13.2. The molecule has 0 bridgehead atoms. The first-order valence-electron chi connectivity index (χ1n) is 11.3. The van der Waals surface area contributed by atoms with Crippen LogP contribution in [0, 0.1) is 0 Å². The van der Waals surface area contributed by atoms with Gasteiger partial charge in [0.05, 0.1) is 12.1 Å². The molecule has 1 amide bonds. The van der Waals surface area contributed by atoms with Gasteiger partial charge in [0.2, 0.25) is 0 Å². The Kier molecular flexibility index (Phi) is 6.78. The van der Waals surface area contributed by atoms with Crippen molar-refractivity contribution < 1.29 is 14.3 Å². The van der Waals surface area contributed by atoms with Crippen molar-refractivity contribution in [2.45, 2.75) is 39.5 Å². The zero-order valence-electron chi connectivity index (χ0n) is 19.9. The van der Waals surface area contributed by atoms with E-state index < -0.39 is 5.60 Å². The van der Waals surface area contributed by atoms with Gasteiger partial charge >= 0.3 is 5.97 Å². The fraction of sp³-hybridized carbons (Fsp3) is 0.214. The Labute approximate surface area is 203 Å². The standard InChI is InChI=1S/C28H27N3O4/c1-28(2,3)35-27(34)22-8-6-19(7-9-22)18-31-14-12-21-10-11-23(15-24(21)26(31)33)25(32)30-17-20-5-4-13-29-16-20/h4-16H,17-18H2,1-3H3,(H,30,32). The lowest BCUT2D eigenvalue weighted by Crippen LogP contribution is -2.24. The van der Waals surface area contributed by atoms with Crippen molar-refractivity contribution in [3.8, 4) is 0 Å². The number of nitrogens with zero attached hydrogens (tertiary/aromatic N) is 2. The highest BCUT2D eigenvalue weighted by atomic mass is 16.6. The van der Waals surface area contributed by atoms with Gasteiger partial charge in [-0.15, -0.1) is 0 Å². The molecule has 4 rings (SSSR count). The Balaban J connectivity index is 1.51. The average Bonchev–Trinajstić information content (AvgIpc) is 2.84. The van der Waals surface area contributed by atoms with Gasteiger partial charge in [-0.2, -0.15) is 0 Å². The van der Waals surface area contributed by atoms with Crippen molar-refractivity contribution in [3.05, 3.63) is 112 Å². The quantitative estimate of drug-likeness (QED) is 0.425. The van der Waals surface area contributed by atoms with Gasteiger partial charge in [0.15, 0.2) is 0 Å². The Bertz CT molecular complexity index is 1420. The summed E-state index contributed by atoms with van der Waals surface area (Å²) in [7, 11) is 0. The third-order valence-electron chi connectivity index (χ3n) is 5.36. The molecule has 0 unspecified atom stereocenters. The highest BCUT2D eigenvalue weighted by Gasteiger charge is 2.17. The zero-order chi connectivity index (χ0) is 25.0. The molecule has 35 heavy (non-hydrogen) atoms. The van der Waals surface area contributed by atoms with Gasteiger partial charge in [-0.25, -0.2) is 4.79 Å². The van der Waals surface area contributed by atoms with Gasteiger partial charge < -0.3 is 14.6 Å². The second-order valence-electron chi connectivity index (χ2n) is 9.29. The van der Waals surface area contributed by atoms with Crippen LogP contribution in [0.1, 0.15) is 52.6 Å². The van der Waals surface area contributed by atoms with Crippen LogP contribution < -0.4 is 10.9 Å². The summed E-state index contributed by atoms with van der Waals surface area (Å²) in [5, 5.41) is 4.08. The van der Waals surface area contributed by atoms with Crippen molar-refractivity contribution in [2.75, 3.05) is 0 Å². The van der Waals surface area contributed by atoms with E-state index in [-0.39, 0.29) is 17.4 Å². The molecule has 4 aromatic rings. The Morgan fingerprint density at radius 3 is 2.40 bits per heavy atom. The number of fused-ring (bicyclic) bond motifs is 1. The van der Waals surface area contributed by atoms with Crippen molar-refractivity contribution in [2.24, 2.45) is 0 Å². The highest BCUT2D eigenvalue weighted by Crippen LogP contribution is 2.15. The molecule has 0 spiro atoms. The van der Waals surface area contributed by atoms with Crippen LogP contribution in [-0.2, 0) is 17.8 Å². The highest BCUT2D eigenvalue weighted by molar-refractivity contribution is 5.98. The second-order valence-corrected chi connectivity index (χ2v) is 9.29. The summed E-state index contributed by atoms with van der Waals surface area (Å²) in [4.78, 5) is 42.1. The molecule has 178 valence electrons. The normalized spacial score (nSPS) is 11.3. The molecule has 0 saturated carbocycles. The molecule has 7 nitrogen and oxygen atoms in total. The summed E-state index contributed by atoms with van der Waals surface area (Å²) < 4.78 is 6.98. The number of carbonyl (C=O) groups is 2. The maximum Gasteiger partial charge on any atom is 0.338 e. The zero-order valence-corrected chi connectivity index (χ0v) is 19.9. The van der Waals surface area contributed by atoms with Crippen molar-refractivity contribution in [1.82, 2.24) is 14.9 Å². The van der Waals surface area contributed by atoms with Gasteiger partial charge in [0, 0.05) is 36.1 Å². The first-order valence-corrected chi connectivity index (χ1v) is 11.3. The number of esters is 1. The van der Waals surface area contributed by atoms with Gasteiger partial charge in [0.1, 0.15) is 5.60 Å². The molecule has 0 aliphatic carbocycles.